The highest BCUT2D eigenvalue weighted by Gasteiger charge is 2.21. The van der Waals surface area contributed by atoms with Gasteiger partial charge in [0.2, 0.25) is 22.6 Å². The lowest BCUT2D eigenvalue weighted by molar-refractivity contribution is -0.538. The first kappa shape index (κ1) is 17.6. The fourth-order valence-electron chi connectivity index (χ4n) is 3.22. The lowest BCUT2D eigenvalue weighted by atomic mass is 10.2. The highest BCUT2D eigenvalue weighted by atomic mass is 16.4. The number of para-hydroxylation sites is 4. The zero-order chi connectivity index (χ0) is 19.5. The van der Waals surface area contributed by atoms with E-state index in [0.29, 0.717) is 11.2 Å². The Kier molecular flexibility index (Phi) is 4.68. The molecule has 1 heterocycles. The van der Waals surface area contributed by atoms with Crippen molar-refractivity contribution in [2.45, 2.75) is 12.8 Å². The molecule has 4 aromatic rings. The maximum atomic E-state index is 12.2. The van der Waals surface area contributed by atoms with E-state index in [9.17, 15) is 9.59 Å². The number of aliphatic carboxylic acids is 1. The molecule has 0 radical (unpaired) electrons. The van der Waals surface area contributed by atoms with Gasteiger partial charge in [-0.1, -0.05) is 36.4 Å². The predicted molar refractivity (Wildman–Crippen MR) is 106 cm³/mol. The molecule has 6 nitrogen and oxygen atoms in total. The number of nitrogens with zero attached hydrogens (tertiary/aromatic N) is 2. The second kappa shape index (κ2) is 7.44. The van der Waals surface area contributed by atoms with Gasteiger partial charge in [0.15, 0.2) is 5.52 Å². The maximum Gasteiger partial charge on any atom is 0.303 e. The molecule has 4 rings (SSSR count). The molecule has 138 valence electrons. The van der Waals surface area contributed by atoms with Crippen LogP contribution in [0.25, 0.3) is 27.8 Å². The summed E-state index contributed by atoms with van der Waals surface area (Å²) in [5.41, 5.74) is 4.79. The summed E-state index contributed by atoms with van der Waals surface area (Å²) in [6.45, 7) is 0. The summed E-state index contributed by atoms with van der Waals surface area (Å²) >= 11 is 0. The minimum Gasteiger partial charge on any atom is -0.481 e. The second-order valence-electron chi connectivity index (χ2n) is 6.39. The van der Waals surface area contributed by atoms with Crippen molar-refractivity contribution in [2.24, 2.45) is 0 Å². The standard InChI is InChI=1S/C22H17N3O3/c26-20(13-14-21(27)28)23-17-10-6-12-19-22(17)24-16-9-4-5-11-18(16)25(19)15-7-2-1-3-8-15/h1-12H,13-14H2,(H,27,28)/p+1. The molecule has 3 aromatic carbocycles. The first-order valence-corrected chi connectivity index (χ1v) is 8.94. The lowest BCUT2D eigenvalue weighted by Crippen LogP contribution is -2.33. The Balaban J connectivity index is 1.90. The average Bonchev–Trinajstić information content (AvgIpc) is 2.71. The van der Waals surface area contributed by atoms with Gasteiger partial charge >= 0.3 is 5.97 Å². The van der Waals surface area contributed by atoms with E-state index >= 15 is 0 Å². The summed E-state index contributed by atoms with van der Waals surface area (Å²) in [4.78, 5) is 27.7. The molecule has 0 saturated carbocycles. The van der Waals surface area contributed by atoms with E-state index < -0.39 is 5.97 Å². The molecular formula is C22H18N3O3+. The number of aromatic nitrogens is 2. The predicted octanol–water partition coefficient (Wildman–Crippen LogP) is 3.47. The van der Waals surface area contributed by atoms with Crippen LogP contribution in [0.4, 0.5) is 5.69 Å². The number of hydrogen-bond acceptors (Lipinski definition) is 3. The molecular weight excluding hydrogens is 354 g/mol. The number of hydrogen-bond donors (Lipinski definition) is 2. The number of nitrogens with one attached hydrogen (secondary N) is 1. The van der Waals surface area contributed by atoms with Crippen LogP contribution < -0.4 is 9.88 Å². The molecule has 0 aliphatic heterocycles. The van der Waals surface area contributed by atoms with Crippen molar-refractivity contribution in [1.82, 2.24) is 4.98 Å². The van der Waals surface area contributed by atoms with E-state index in [2.05, 4.69) is 9.88 Å². The molecule has 0 aliphatic carbocycles. The Labute approximate surface area is 161 Å². The van der Waals surface area contributed by atoms with E-state index in [1.165, 1.54) is 0 Å². The molecule has 6 heteroatoms. The largest absolute Gasteiger partial charge is 0.481 e. The number of carboxylic acids is 1. The van der Waals surface area contributed by atoms with E-state index in [-0.39, 0.29) is 18.7 Å². The van der Waals surface area contributed by atoms with Crippen molar-refractivity contribution < 1.29 is 19.3 Å². The summed E-state index contributed by atoms with van der Waals surface area (Å²) in [5, 5.41) is 11.6. The first-order chi connectivity index (χ1) is 13.6. The third-order valence-corrected chi connectivity index (χ3v) is 4.46. The number of rotatable bonds is 5. The molecule has 0 atom stereocenters. The van der Waals surface area contributed by atoms with Gasteiger partial charge in [0, 0.05) is 30.7 Å². The Morgan fingerprint density at radius 1 is 0.857 bits per heavy atom. The van der Waals surface area contributed by atoms with E-state index in [0.717, 1.165) is 22.2 Å². The van der Waals surface area contributed by atoms with Crippen molar-refractivity contribution in [3.05, 3.63) is 72.8 Å². The van der Waals surface area contributed by atoms with Gasteiger partial charge < -0.3 is 10.4 Å². The molecule has 28 heavy (non-hydrogen) atoms. The Bertz CT molecular complexity index is 1190. The van der Waals surface area contributed by atoms with Crippen LogP contribution in [0.2, 0.25) is 0 Å². The van der Waals surface area contributed by atoms with Gasteiger partial charge in [0.1, 0.15) is 5.52 Å². The molecule has 0 aliphatic rings. The number of carboxylic acid groups (broad SMARTS) is 1. The maximum absolute atomic E-state index is 12.2. The molecule has 1 amide bonds. The molecule has 0 saturated heterocycles. The molecule has 0 unspecified atom stereocenters. The number of carbonyl (C=O) groups is 2. The zero-order valence-corrected chi connectivity index (χ0v) is 15.0. The van der Waals surface area contributed by atoms with Crippen molar-refractivity contribution >= 4 is 39.6 Å². The minimum absolute atomic E-state index is 0.0853. The summed E-state index contributed by atoms with van der Waals surface area (Å²) in [6.07, 6.45) is -0.297. The SMILES string of the molecule is O=C(O)CCC(=O)Nc1cccc2c1nc1ccccc1[n+]2-c1ccccc1. The Hall–Kier alpha value is -3.80. The van der Waals surface area contributed by atoms with Crippen LogP contribution in [0.3, 0.4) is 0 Å². The van der Waals surface area contributed by atoms with Crippen LogP contribution in [-0.2, 0) is 9.59 Å². The van der Waals surface area contributed by atoms with Crippen LogP contribution in [-0.4, -0.2) is 22.0 Å². The van der Waals surface area contributed by atoms with Crippen molar-refractivity contribution in [1.29, 1.82) is 0 Å². The topological polar surface area (TPSA) is 83.2 Å². The summed E-state index contributed by atoms with van der Waals surface area (Å²) in [5.74, 6) is -1.35. The van der Waals surface area contributed by atoms with Gasteiger partial charge in [0.05, 0.1) is 12.1 Å². The normalized spacial score (nSPS) is 10.9. The highest BCUT2D eigenvalue weighted by molar-refractivity contribution is 6.00. The van der Waals surface area contributed by atoms with Gasteiger partial charge in [-0.2, -0.15) is 0 Å². The van der Waals surface area contributed by atoms with Crippen LogP contribution in [0, 0.1) is 0 Å². The summed E-state index contributed by atoms with van der Waals surface area (Å²) in [7, 11) is 0. The third-order valence-electron chi connectivity index (χ3n) is 4.46. The number of carbonyl (C=O) groups excluding carboxylic acids is 1. The lowest BCUT2D eigenvalue weighted by Gasteiger charge is -2.09. The highest BCUT2D eigenvalue weighted by Crippen LogP contribution is 2.23. The van der Waals surface area contributed by atoms with Gasteiger partial charge in [-0.05, 0) is 12.1 Å². The fraction of sp³-hybridized carbons (Fsp3) is 0.0909. The van der Waals surface area contributed by atoms with E-state index in [1.54, 1.807) is 6.07 Å². The quantitative estimate of drug-likeness (QED) is 0.415. The minimum atomic E-state index is -1.00. The summed E-state index contributed by atoms with van der Waals surface area (Å²) < 4.78 is 2.10. The first-order valence-electron chi connectivity index (χ1n) is 8.94. The van der Waals surface area contributed by atoms with Crippen LogP contribution in [0.5, 0.6) is 0 Å². The van der Waals surface area contributed by atoms with Gasteiger partial charge in [-0.25, -0.2) is 4.98 Å². The van der Waals surface area contributed by atoms with Gasteiger partial charge in [-0.3, -0.25) is 9.59 Å². The Morgan fingerprint density at radius 2 is 1.57 bits per heavy atom. The number of benzene rings is 3. The van der Waals surface area contributed by atoms with Crippen LogP contribution in [0.1, 0.15) is 12.8 Å². The van der Waals surface area contributed by atoms with E-state index in [4.69, 9.17) is 10.1 Å². The zero-order valence-electron chi connectivity index (χ0n) is 15.0. The van der Waals surface area contributed by atoms with Crippen LogP contribution >= 0.6 is 0 Å². The molecule has 2 N–H and O–H groups in total. The van der Waals surface area contributed by atoms with Crippen molar-refractivity contribution in [3.63, 3.8) is 0 Å². The van der Waals surface area contributed by atoms with Gasteiger partial charge in [0.25, 0.3) is 0 Å². The summed E-state index contributed by atoms with van der Waals surface area (Å²) in [6, 6.07) is 23.3. The average molecular weight is 372 g/mol. The monoisotopic (exact) mass is 372 g/mol. The number of fused-ring (bicyclic) bond motifs is 2. The van der Waals surface area contributed by atoms with Crippen molar-refractivity contribution in [3.8, 4) is 5.69 Å². The molecule has 0 bridgehead atoms. The van der Waals surface area contributed by atoms with E-state index in [1.807, 2.05) is 66.7 Å². The molecule has 0 spiro atoms. The molecule has 1 aromatic heterocycles. The van der Waals surface area contributed by atoms with Crippen LogP contribution in [0.15, 0.2) is 72.8 Å². The second-order valence-corrected chi connectivity index (χ2v) is 6.39. The number of anilines is 1. The Morgan fingerprint density at radius 3 is 2.36 bits per heavy atom. The third kappa shape index (κ3) is 3.40. The van der Waals surface area contributed by atoms with Crippen molar-refractivity contribution in [2.75, 3.05) is 5.32 Å². The fourth-order valence-corrected chi connectivity index (χ4v) is 3.22. The molecule has 0 fully saturated rings. The van der Waals surface area contributed by atoms with Gasteiger partial charge in [-0.15, -0.1) is 4.57 Å². The smallest absolute Gasteiger partial charge is 0.303 e. The number of amides is 1.